The fourth-order valence-corrected chi connectivity index (χ4v) is 3.89. The highest BCUT2D eigenvalue weighted by atomic mass is 19.1. The Hall–Kier alpha value is -3.97. The minimum Gasteiger partial charge on any atom is -0.382 e. The van der Waals surface area contributed by atoms with Gasteiger partial charge in [-0.25, -0.2) is 18.8 Å². The predicted octanol–water partition coefficient (Wildman–Crippen LogP) is 1.17. The Morgan fingerprint density at radius 3 is 2.56 bits per heavy atom. The first-order chi connectivity index (χ1) is 17.3. The van der Waals surface area contributed by atoms with E-state index in [0.29, 0.717) is 48.9 Å². The summed E-state index contributed by atoms with van der Waals surface area (Å²) in [6.07, 6.45) is 3.13. The van der Waals surface area contributed by atoms with E-state index in [1.54, 1.807) is 6.20 Å². The largest absolute Gasteiger partial charge is 0.382 e. The van der Waals surface area contributed by atoms with Crippen LogP contribution in [-0.4, -0.2) is 69.9 Å². The highest BCUT2D eigenvalue weighted by molar-refractivity contribution is 5.97. The third kappa shape index (κ3) is 5.98. The Morgan fingerprint density at radius 2 is 1.89 bits per heavy atom. The van der Waals surface area contributed by atoms with Crippen molar-refractivity contribution < 1.29 is 8.78 Å². The number of nitrogens with two attached hydrogens (primary N) is 3. The number of benzene rings is 1. The fourth-order valence-electron chi connectivity index (χ4n) is 3.89. The lowest BCUT2D eigenvalue weighted by atomic mass is 10.2. The van der Waals surface area contributed by atoms with Crippen LogP contribution in [0.2, 0.25) is 0 Å². The Bertz CT molecular complexity index is 1230. The van der Waals surface area contributed by atoms with Crippen molar-refractivity contribution >= 4 is 29.1 Å². The first-order valence-corrected chi connectivity index (χ1v) is 11.5. The molecule has 2 aromatic heterocycles. The Morgan fingerprint density at radius 1 is 1.11 bits per heavy atom. The molecule has 0 aliphatic carbocycles. The molecule has 13 heteroatoms. The molecule has 0 amide bonds. The summed E-state index contributed by atoms with van der Waals surface area (Å²) in [5.41, 5.74) is 20.2. The number of hydrogen-bond donors (Lipinski definition) is 4. The monoisotopic (exact) mass is 497 g/mol. The molecule has 11 nitrogen and oxygen atoms in total. The van der Waals surface area contributed by atoms with Crippen molar-refractivity contribution in [3.8, 4) is 0 Å². The van der Waals surface area contributed by atoms with Gasteiger partial charge >= 0.3 is 0 Å². The Kier molecular flexibility index (Phi) is 7.80. The molecule has 0 bridgehead atoms. The van der Waals surface area contributed by atoms with Gasteiger partial charge in [0.2, 0.25) is 5.95 Å². The predicted molar refractivity (Wildman–Crippen MR) is 135 cm³/mol. The summed E-state index contributed by atoms with van der Waals surface area (Å²) < 4.78 is 27.3. The number of aromatic nitrogens is 4. The quantitative estimate of drug-likeness (QED) is 0.263. The maximum Gasteiger partial charge on any atom is 0.224 e. The van der Waals surface area contributed by atoms with Gasteiger partial charge in [0.05, 0.1) is 23.1 Å². The van der Waals surface area contributed by atoms with Gasteiger partial charge in [-0.05, 0) is 19.1 Å². The maximum atomic E-state index is 14.1. The van der Waals surface area contributed by atoms with Gasteiger partial charge in [0, 0.05) is 58.1 Å². The molecule has 7 N–H and O–H groups in total. The number of halogens is 2. The number of anilines is 3. The molecule has 0 saturated carbocycles. The van der Waals surface area contributed by atoms with Gasteiger partial charge in [0.25, 0.3) is 0 Å². The number of nitrogens with one attached hydrogen (secondary N) is 1. The first kappa shape index (κ1) is 25.1. The lowest BCUT2D eigenvalue weighted by Gasteiger charge is -2.36. The van der Waals surface area contributed by atoms with Gasteiger partial charge in [0.15, 0.2) is 11.7 Å². The summed E-state index contributed by atoms with van der Waals surface area (Å²) >= 11 is 0. The molecule has 1 fully saturated rings. The highest BCUT2D eigenvalue weighted by Gasteiger charge is 2.20. The van der Waals surface area contributed by atoms with E-state index in [2.05, 4.69) is 35.1 Å². The number of piperazine rings is 1. The summed E-state index contributed by atoms with van der Waals surface area (Å²) in [6.45, 7) is 5.97. The zero-order chi connectivity index (χ0) is 25.7. The summed E-state index contributed by atoms with van der Waals surface area (Å²) in [6, 6.07) is 3.67. The molecule has 0 atom stereocenters. The number of nitrogen functional groups attached to an aromatic ring is 1. The molecule has 4 rings (SSSR count). The van der Waals surface area contributed by atoms with Gasteiger partial charge in [-0.2, -0.15) is 9.97 Å². The van der Waals surface area contributed by atoms with E-state index in [1.807, 2.05) is 11.8 Å². The molecule has 36 heavy (non-hydrogen) atoms. The third-order valence-corrected chi connectivity index (χ3v) is 5.82. The number of hydrogen-bond acceptors (Lipinski definition) is 10. The molecule has 1 aliphatic rings. The van der Waals surface area contributed by atoms with Crippen LogP contribution in [0.15, 0.2) is 35.6 Å². The third-order valence-electron chi connectivity index (χ3n) is 5.82. The van der Waals surface area contributed by atoms with Gasteiger partial charge in [-0.15, -0.1) is 0 Å². The van der Waals surface area contributed by atoms with Crippen LogP contribution < -0.4 is 27.4 Å². The standard InChI is InChI=1S/C23H29F2N11/c1-14-12-31-18(13-30-14)20(27)32-22-16(11-26)21(33-23(28)34-22)29-4-5-35-6-8-36(9-7-35)19-3-2-15(24)10-17(19)25/h2-3,10,12-13H,4-9,11,26H2,1H3,(H5,27,28,29,32,33,34). The van der Waals surface area contributed by atoms with Gasteiger partial charge in [0.1, 0.15) is 23.1 Å². The second-order valence-electron chi connectivity index (χ2n) is 8.33. The van der Waals surface area contributed by atoms with Crippen LogP contribution in [0, 0.1) is 18.6 Å². The molecule has 3 heterocycles. The molecule has 3 aromatic rings. The number of aliphatic imine (C=N–C) groups is 1. The van der Waals surface area contributed by atoms with E-state index in [0.717, 1.165) is 24.8 Å². The zero-order valence-corrected chi connectivity index (χ0v) is 20.0. The molecule has 1 aromatic carbocycles. The van der Waals surface area contributed by atoms with E-state index < -0.39 is 11.6 Å². The van der Waals surface area contributed by atoms with E-state index >= 15 is 0 Å². The Balaban J connectivity index is 1.37. The minimum atomic E-state index is -0.580. The number of rotatable bonds is 8. The zero-order valence-electron chi connectivity index (χ0n) is 20.0. The molecular formula is C23H29F2N11. The summed E-state index contributed by atoms with van der Waals surface area (Å²) in [7, 11) is 0. The van der Waals surface area contributed by atoms with Gasteiger partial charge in [-0.1, -0.05) is 0 Å². The summed E-state index contributed by atoms with van der Waals surface area (Å²) in [5.74, 6) is -0.207. The smallest absolute Gasteiger partial charge is 0.224 e. The second kappa shape index (κ2) is 11.2. The lowest BCUT2D eigenvalue weighted by Crippen LogP contribution is -2.48. The van der Waals surface area contributed by atoms with Crippen molar-refractivity contribution in [2.45, 2.75) is 13.5 Å². The normalized spacial score (nSPS) is 14.8. The average molecular weight is 498 g/mol. The second-order valence-corrected chi connectivity index (χ2v) is 8.33. The topological polar surface area (TPSA) is 160 Å². The summed E-state index contributed by atoms with van der Waals surface area (Å²) in [5, 5.41) is 3.27. The lowest BCUT2D eigenvalue weighted by molar-refractivity contribution is 0.266. The molecule has 1 aliphatic heterocycles. The SMILES string of the molecule is Cc1cnc(C(N)=Nc2nc(N)nc(NCCN3CCN(c4ccc(F)cc4F)CC3)c2CN)cn1. The summed E-state index contributed by atoms with van der Waals surface area (Å²) in [4.78, 5) is 25.4. The highest BCUT2D eigenvalue weighted by Crippen LogP contribution is 2.25. The van der Waals surface area contributed by atoms with Crippen molar-refractivity contribution in [2.24, 2.45) is 16.5 Å². The van der Waals surface area contributed by atoms with E-state index in [4.69, 9.17) is 17.2 Å². The van der Waals surface area contributed by atoms with Crippen LogP contribution in [0.5, 0.6) is 0 Å². The fraction of sp³-hybridized carbons (Fsp3) is 0.348. The van der Waals surface area contributed by atoms with Crippen molar-refractivity contribution in [1.82, 2.24) is 24.8 Å². The molecule has 190 valence electrons. The first-order valence-electron chi connectivity index (χ1n) is 11.5. The number of amidine groups is 1. The molecule has 0 spiro atoms. The average Bonchev–Trinajstić information content (AvgIpc) is 2.85. The van der Waals surface area contributed by atoms with Gasteiger partial charge in [-0.3, -0.25) is 9.88 Å². The van der Waals surface area contributed by atoms with Crippen molar-refractivity contribution in [3.05, 3.63) is 59.2 Å². The molecule has 0 unspecified atom stereocenters. The van der Waals surface area contributed by atoms with Crippen LogP contribution in [0.25, 0.3) is 0 Å². The van der Waals surface area contributed by atoms with Crippen LogP contribution in [0.3, 0.4) is 0 Å². The van der Waals surface area contributed by atoms with Crippen LogP contribution in [0.4, 0.5) is 32.1 Å². The van der Waals surface area contributed by atoms with E-state index in [1.165, 1.54) is 18.3 Å². The van der Waals surface area contributed by atoms with Crippen molar-refractivity contribution in [2.75, 3.05) is 55.2 Å². The van der Waals surface area contributed by atoms with E-state index in [-0.39, 0.29) is 24.1 Å². The number of nitrogens with zero attached hydrogens (tertiary/aromatic N) is 7. The molecule has 0 radical (unpaired) electrons. The Labute approximate surface area is 207 Å². The van der Waals surface area contributed by atoms with Crippen molar-refractivity contribution in [3.63, 3.8) is 0 Å². The van der Waals surface area contributed by atoms with Crippen molar-refractivity contribution in [1.29, 1.82) is 0 Å². The van der Waals surface area contributed by atoms with Crippen LogP contribution in [0.1, 0.15) is 17.0 Å². The van der Waals surface area contributed by atoms with Gasteiger partial charge < -0.3 is 27.4 Å². The van der Waals surface area contributed by atoms with Crippen LogP contribution >= 0.6 is 0 Å². The maximum absolute atomic E-state index is 14.1. The van der Waals surface area contributed by atoms with E-state index in [9.17, 15) is 8.78 Å². The van der Waals surface area contributed by atoms with Crippen LogP contribution in [-0.2, 0) is 6.54 Å². The minimum absolute atomic E-state index is 0.0335. The number of aryl methyl sites for hydroxylation is 1. The molecular weight excluding hydrogens is 468 g/mol. The molecule has 1 saturated heterocycles.